The van der Waals surface area contributed by atoms with E-state index in [-0.39, 0.29) is 10.2 Å². The van der Waals surface area contributed by atoms with Crippen LogP contribution in [0.1, 0.15) is 6.42 Å². The molecule has 1 aliphatic heterocycles. The van der Waals surface area contributed by atoms with Crippen molar-refractivity contribution in [2.45, 2.75) is 16.1 Å². The zero-order chi connectivity index (χ0) is 14.6. The molecule has 3 aliphatic carbocycles. The van der Waals surface area contributed by atoms with Gasteiger partial charge in [-0.3, -0.25) is 4.99 Å². The molecule has 106 valence electrons. The lowest BCUT2D eigenvalue weighted by Crippen LogP contribution is -2.53. The Labute approximate surface area is 134 Å². The molecule has 1 aromatic carbocycles. The van der Waals surface area contributed by atoms with E-state index >= 15 is 0 Å². The molecule has 0 saturated carbocycles. The van der Waals surface area contributed by atoms with Crippen LogP contribution >= 0.6 is 11.8 Å². The zero-order valence-electron chi connectivity index (χ0n) is 12.1. The van der Waals surface area contributed by atoms with E-state index in [4.69, 9.17) is 4.99 Å². The number of para-hydroxylation sites is 1. The highest BCUT2D eigenvalue weighted by Gasteiger charge is 2.56. The fourth-order valence-electron chi connectivity index (χ4n) is 3.94. The van der Waals surface area contributed by atoms with Gasteiger partial charge >= 0.3 is 0 Å². The molecule has 0 N–H and O–H groups in total. The van der Waals surface area contributed by atoms with E-state index in [1.54, 1.807) is 0 Å². The van der Waals surface area contributed by atoms with Gasteiger partial charge in [-0.2, -0.15) is 0 Å². The number of hydrogen-bond donors (Lipinski definition) is 0. The summed E-state index contributed by atoms with van der Waals surface area (Å²) in [5, 5.41) is 0. The van der Waals surface area contributed by atoms with E-state index < -0.39 is 0 Å². The van der Waals surface area contributed by atoms with E-state index in [1.165, 1.54) is 16.2 Å². The van der Waals surface area contributed by atoms with E-state index in [2.05, 4.69) is 78.9 Å². The van der Waals surface area contributed by atoms with Crippen molar-refractivity contribution < 1.29 is 0 Å². The molecule has 0 amide bonds. The molecule has 2 spiro atoms. The maximum absolute atomic E-state index is 5.04. The molecular formula is C20H15NS. The Morgan fingerprint density at radius 2 is 1.77 bits per heavy atom. The number of rotatable bonds is 0. The summed E-state index contributed by atoms with van der Waals surface area (Å²) in [5.74, 6) is 0. The summed E-state index contributed by atoms with van der Waals surface area (Å²) in [7, 11) is 0. The minimum atomic E-state index is -0.124. The number of thioether (sulfide) groups is 1. The monoisotopic (exact) mass is 301 g/mol. The fourth-order valence-corrected chi connectivity index (χ4v) is 5.47. The third-order valence-corrected chi connectivity index (χ3v) is 6.57. The van der Waals surface area contributed by atoms with E-state index in [0.717, 1.165) is 12.1 Å². The second-order valence-corrected chi connectivity index (χ2v) is 7.32. The molecule has 1 heterocycles. The highest BCUT2D eigenvalue weighted by Crippen LogP contribution is 2.61. The van der Waals surface area contributed by atoms with E-state index in [0.29, 0.717) is 0 Å². The van der Waals surface area contributed by atoms with Crippen molar-refractivity contribution in [2.75, 3.05) is 0 Å². The maximum Gasteiger partial charge on any atom is 0.0940 e. The molecule has 0 fully saturated rings. The van der Waals surface area contributed by atoms with Crippen LogP contribution in [-0.2, 0) is 0 Å². The summed E-state index contributed by atoms with van der Waals surface area (Å²) < 4.78 is -0.124. The Balaban J connectivity index is 1.82. The van der Waals surface area contributed by atoms with Crippen molar-refractivity contribution >= 4 is 23.2 Å². The largest absolute Gasteiger partial charge is 0.254 e. The second-order valence-electron chi connectivity index (χ2n) is 6.03. The van der Waals surface area contributed by atoms with Crippen molar-refractivity contribution in [3.8, 4) is 0 Å². The van der Waals surface area contributed by atoms with Crippen molar-refractivity contribution in [2.24, 2.45) is 10.4 Å². The number of nitrogens with zero attached hydrogens (tertiary/aromatic N) is 1. The summed E-state index contributed by atoms with van der Waals surface area (Å²) in [6.07, 6.45) is 21.2. The summed E-state index contributed by atoms with van der Waals surface area (Å²) in [6.45, 7) is 0. The van der Waals surface area contributed by atoms with Crippen molar-refractivity contribution in [1.82, 2.24) is 0 Å². The van der Waals surface area contributed by atoms with Gasteiger partial charge < -0.3 is 0 Å². The lowest BCUT2D eigenvalue weighted by Gasteiger charge is -2.52. The molecule has 5 rings (SSSR count). The first-order valence-electron chi connectivity index (χ1n) is 7.64. The molecule has 0 radical (unpaired) electrons. The second kappa shape index (κ2) is 4.23. The Morgan fingerprint density at radius 1 is 0.955 bits per heavy atom. The van der Waals surface area contributed by atoms with Crippen molar-refractivity contribution in [3.63, 3.8) is 0 Å². The molecule has 1 aromatic rings. The van der Waals surface area contributed by atoms with E-state index in [1.807, 2.05) is 11.8 Å². The van der Waals surface area contributed by atoms with Crippen LogP contribution in [0.3, 0.4) is 0 Å². The highest BCUT2D eigenvalue weighted by molar-refractivity contribution is 8.02. The first-order valence-corrected chi connectivity index (χ1v) is 8.45. The van der Waals surface area contributed by atoms with Gasteiger partial charge in [-0.15, -0.1) is 11.8 Å². The first kappa shape index (κ1) is 12.5. The van der Waals surface area contributed by atoms with Gasteiger partial charge in [0.2, 0.25) is 0 Å². The van der Waals surface area contributed by atoms with Crippen LogP contribution in [0, 0.1) is 5.41 Å². The van der Waals surface area contributed by atoms with Crippen LogP contribution in [0.5, 0.6) is 0 Å². The lowest BCUT2D eigenvalue weighted by molar-refractivity contribution is 0.538. The van der Waals surface area contributed by atoms with Crippen molar-refractivity contribution in [3.05, 3.63) is 84.5 Å². The maximum atomic E-state index is 5.04. The minimum Gasteiger partial charge on any atom is -0.254 e. The van der Waals surface area contributed by atoms with Gasteiger partial charge in [-0.25, -0.2) is 0 Å². The number of fused-ring (bicyclic) bond motifs is 1. The molecular weight excluding hydrogens is 286 g/mol. The summed E-state index contributed by atoms with van der Waals surface area (Å²) in [6, 6.07) is 8.48. The molecule has 2 unspecified atom stereocenters. The molecule has 4 aliphatic rings. The van der Waals surface area contributed by atoms with Gasteiger partial charge in [0.25, 0.3) is 0 Å². The van der Waals surface area contributed by atoms with Gasteiger partial charge in [0, 0.05) is 17.0 Å². The SMILES string of the molecule is C1=CC2=CCC3=Nc4ccccc4SC34C=CC=CC24C=C1. The molecule has 0 aromatic heterocycles. The van der Waals surface area contributed by atoms with Gasteiger partial charge in [0.05, 0.1) is 15.8 Å². The van der Waals surface area contributed by atoms with Gasteiger partial charge in [-0.05, 0) is 17.7 Å². The standard InChI is InChI=1S/C20H15NS/c1-2-9-17-16(8-1)21-18-11-10-15-7-3-4-12-19(15)13-5-6-14-20(18,19)22-17/h1-10,12-14H,11H2. The third-order valence-electron chi connectivity index (χ3n) is 4.98. The van der Waals surface area contributed by atoms with Gasteiger partial charge in [0.1, 0.15) is 0 Å². The Morgan fingerprint density at radius 3 is 2.73 bits per heavy atom. The van der Waals surface area contributed by atoms with Gasteiger partial charge in [-0.1, -0.05) is 66.8 Å². The predicted molar refractivity (Wildman–Crippen MR) is 93.8 cm³/mol. The third kappa shape index (κ3) is 1.39. The van der Waals surface area contributed by atoms with Crippen LogP contribution < -0.4 is 0 Å². The summed E-state index contributed by atoms with van der Waals surface area (Å²) in [4.78, 5) is 6.31. The Kier molecular flexibility index (Phi) is 2.40. The molecule has 0 saturated heterocycles. The first-order chi connectivity index (χ1) is 10.8. The Bertz CT molecular complexity index is 842. The molecule has 2 atom stereocenters. The number of aliphatic imine (C=N–C) groups is 1. The summed E-state index contributed by atoms with van der Waals surface area (Å²) in [5.41, 5.74) is 3.66. The average molecular weight is 301 g/mol. The fraction of sp³-hybridized carbons (Fsp3) is 0.150. The van der Waals surface area contributed by atoms with Crippen LogP contribution in [0.2, 0.25) is 0 Å². The number of benzene rings is 1. The molecule has 1 nitrogen and oxygen atoms in total. The quantitative estimate of drug-likeness (QED) is 0.644. The number of hydrogen-bond acceptors (Lipinski definition) is 2. The topological polar surface area (TPSA) is 12.4 Å². The van der Waals surface area contributed by atoms with Crippen LogP contribution in [0.4, 0.5) is 5.69 Å². The summed E-state index contributed by atoms with van der Waals surface area (Å²) >= 11 is 1.95. The normalized spacial score (nSPS) is 33.3. The zero-order valence-corrected chi connectivity index (χ0v) is 12.9. The van der Waals surface area contributed by atoms with Gasteiger partial charge in [0.15, 0.2) is 0 Å². The van der Waals surface area contributed by atoms with Crippen molar-refractivity contribution in [1.29, 1.82) is 0 Å². The molecule has 0 bridgehead atoms. The van der Waals surface area contributed by atoms with E-state index in [9.17, 15) is 0 Å². The van der Waals surface area contributed by atoms with Crippen LogP contribution in [0.25, 0.3) is 0 Å². The minimum absolute atomic E-state index is 0.105. The van der Waals surface area contributed by atoms with Crippen LogP contribution in [0.15, 0.2) is 94.4 Å². The smallest absolute Gasteiger partial charge is 0.0940 e. The molecule has 22 heavy (non-hydrogen) atoms. The molecule has 2 heteroatoms. The number of allylic oxidation sites excluding steroid dienone is 9. The lowest BCUT2D eigenvalue weighted by atomic mass is 9.60. The average Bonchev–Trinajstić information content (AvgIpc) is 2.57. The highest BCUT2D eigenvalue weighted by atomic mass is 32.2. The predicted octanol–water partition coefficient (Wildman–Crippen LogP) is 5.17. The van der Waals surface area contributed by atoms with Crippen LogP contribution in [-0.4, -0.2) is 10.5 Å². The Hall–Kier alpha value is -2.06.